The first-order chi connectivity index (χ1) is 9.68. The monoisotopic (exact) mass is 311 g/mol. The summed E-state index contributed by atoms with van der Waals surface area (Å²) >= 11 is 0. The number of nitrogens with zero attached hydrogens (tertiary/aromatic N) is 1. The van der Waals surface area contributed by atoms with E-state index in [4.69, 9.17) is 5.11 Å². The van der Waals surface area contributed by atoms with Crippen LogP contribution >= 0.6 is 21.6 Å². The van der Waals surface area contributed by atoms with Gasteiger partial charge in [0, 0.05) is 23.6 Å². The molecule has 2 rings (SSSR count). The van der Waals surface area contributed by atoms with Gasteiger partial charge in [0.1, 0.15) is 6.04 Å². The molecule has 1 aliphatic heterocycles. The van der Waals surface area contributed by atoms with Crippen molar-refractivity contribution in [2.45, 2.75) is 30.2 Å². The molecule has 0 saturated carbocycles. The molecular weight excluding hydrogens is 294 g/mol. The SMILES string of the molecule is O=C(O)[C@@H]1CCCN1C(=O)CCSSc1ccccc1. The summed E-state index contributed by atoms with van der Waals surface area (Å²) in [7, 11) is 3.27. The topological polar surface area (TPSA) is 57.6 Å². The van der Waals surface area contributed by atoms with Gasteiger partial charge in [0.15, 0.2) is 0 Å². The number of aliphatic carboxylic acids is 1. The fourth-order valence-electron chi connectivity index (χ4n) is 2.18. The lowest BCUT2D eigenvalue weighted by Crippen LogP contribution is -2.40. The van der Waals surface area contributed by atoms with E-state index in [1.165, 1.54) is 4.90 Å². The first kappa shape index (κ1) is 15.3. The number of carbonyl (C=O) groups excluding carboxylic acids is 1. The predicted octanol–water partition coefficient (Wildman–Crippen LogP) is 2.89. The molecule has 20 heavy (non-hydrogen) atoms. The highest BCUT2D eigenvalue weighted by atomic mass is 33.1. The maximum absolute atomic E-state index is 12.0. The molecule has 1 saturated heterocycles. The summed E-state index contributed by atoms with van der Waals surface area (Å²) in [5.41, 5.74) is 0. The van der Waals surface area contributed by atoms with Gasteiger partial charge < -0.3 is 10.0 Å². The van der Waals surface area contributed by atoms with Crippen molar-refractivity contribution in [3.05, 3.63) is 30.3 Å². The van der Waals surface area contributed by atoms with Crippen molar-refractivity contribution >= 4 is 33.5 Å². The molecule has 1 aromatic rings. The van der Waals surface area contributed by atoms with E-state index in [9.17, 15) is 9.59 Å². The van der Waals surface area contributed by atoms with E-state index in [1.54, 1.807) is 21.6 Å². The lowest BCUT2D eigenvalue weighted by atomic mass is 10.2. The molecule has 1 N–H and O–H groups in total. The summed E-state index contributed by atoms with van der Waals surface area (Å²) in [6.45, 7) is 0.576. The van der Waals surface area contributed by atoms with Crippen LogP contribution in [0.2, 0.25) is 0 Å². The molecule has 1 aliphatic rings. The molecule has 0 aliphatic carbocycles. The van der Waals surface area contributed by atoms with Gasteiger partial charge in [-0.15, -0.1) is 0 Å². The molecule has 1 aromatic carbocycles. The summed E-state index contributed by atoms with van der Waals surface area (Å²) in [6, 6.07) is 9.37. The molecule has 0 bridgehead atoms. The molecule has 4 nitrogen and oxygen atoms in total. The molecule has 1 atom stereocenters. The third-order valence-corrected chi connectivity index (χ3v) is 5.54. The van der Waals surface area contributed by atoms with Gasteiger partial charge in [0.2, 0.25) is 5.91 Å². The standard InChI is InChI=1S/C14H17NO3S2/c16-13(15-9-4-7-12(15)14(17)18)8-10-19-20-11-5-2-1-3-6-11/h1-3,5-6,12H,4,7-10H2,(H,17,18)/t12-/m0/s1. The van der Waals surface area contributed by atoms with Crippen molar-refractivity contribution in [1.82, 2.24) is 4.90 Å². The summed E-state index contributed by atoms with van der Waals surface area (Å²) in [5, 5.41) is 9.05. The van der Waals surface area contributed by atoms with Gasteiger partial charge in [-0.3, -0.25) is 4.79 Å². The first-order valence-corrected chi connectivity index (χ1v) is 8.87. The highest BCUT2D eigenvalue weighted by Crippen LogP contribution is 2.31. The second kappa shape index (κ2) is 7.59. The van der Waals surface area contributed by atoms with Crippen LogP contribution in [0, 0.1) is 0 Å². The Bertz CT molecular complexity index is 467. The number of benzene rings is 1. The molecule has 1 heterocycles. The number of carbonyl (C=O) groups is 2. The van der Waals surface area contributed by atoms with Gasteiger partial charge in [0.25, 0.3) is 0 Å². The van der Waals surface area contributed by atoms with Crippen molar-refractivity contribution in [3.8, 4) is 0 Å². The number of carboxylic acid groups (broad SMARTS) is 1. The molecule has 1 fully saturated rings. The van der Waals surface area contributed by atoms with Gasteiger partial charge in [-0.25, -0.2) is 4.79 Å². The van der Waals surface area contributed by atoms with Crippen LogP contribution in [-0.2, 0) is 9.59 Å². The fourth-order valence-corrected chi connectivity index (χ4v) is 4.17. The lowest BCUT2D eigenvalue weighted by molar-refractivity contribution is -0.148. The Morgan fingerprint density at radius 3 is 2.75 bits per heavy atom. The second-order valence-electron chi connectivity index (χ2n) is 4.55. The van der Waals surface area contributed by atoms with Crippen LogP contribution in [0.25, 0.3) is 0 Å². The van der Waals surface area contributed by atoms with Crippen LogP contribution in [0.15, 0.2) is 35.2 Å². The van der Waals surface area contributed by atoms with Gasteiger partial charge in [0.05, 0.1) is 0 Å². The predicted molar refractivity (Wildman–Crippen MR) is 81.7 cm³/mol. The maximum Gasteiger partial charge on any atom is 0.326 e. The minimum Gasteiger partial charge on any atom is -0.480 e. The Balaban J connectivity index is 1.71. The molecule has 0 radical (unpaired) electrons. The largest absolute Gasteiger partial charge is 0.480 e. The quantitative estimate of drug-likeness (QED) is 0.646. The lowest BCUT2D eigenvalue weighted by Gasteiger charge is -2.21. The average Bonchev–Trinajstić information content (AvgIpc) is 2.94. The number of hydrogen-bond acceptors (Lipinski definition) is 4. The van der Waals surface area contributed by atoms with Crippen LogP contribution in [-0.4, -0.2) is 40.2 Å². The minimum absolute atomic E-state index is 0.0453. The van der Waals surface area contributed by atoms with E-state index in [0.717, 1.165) is 11.3 Å². The van der Waals surface area contributed by atoms with E-state index in [2.05, 4.69) is 0 Å². The zero-order valence-corrected chi connectivity index (χ0v) is 12.7. The Labute approximate surface area is 126 Å². The van der Waals surface area contributed by atoms with Crippen LogP contribution in [0.3, 0.4) is 0 Å². The summed E-state index contributed by atoms with van der Waals surface area (Å²) in [6.07, 6.45) is 1.76. The highest BCUT2D eigenvalue weighted by Gasteiger charge is 2.33. The van der Waals surface area contributed by atoms with E-state index < -0.39 is 12.0 Å². The average molecular weight is 311 g/mol. The Kier molecular flexibility index (Phi) is 5.79. The van der Waals surface area contributed by atoms with Crippen LogP contribution in [0.4, 0.5) is 0 Å². The second-order valence-corrected chi connectivity index (χ2v) is 7.04. The number of hydrogen-bond donors (Lipinski definition) is 1. The zero-order chi connectivity index (χ0) is 14.4. The fraction of sp³-hybridized carbons (Fsp3) is 0.429. The van der Waals surface area contributed by atoms with E-state index in [0.29, 0.717) is 25.1 Å². The van der Waals surface area contributed by atoms with Crippen LogP contribution < -0.4 is 0 Å². The molecule has 6 heteroatoms. The van der Waals surface area contributed by atoms with Crippen molar-refractivity contribution in [1.29, 1.82) is 0 Å². The first-order valence-electron chi connectivity index (χ1n) is 6.55. The smallest absolute Gasteiger partial charge is 0.326 e. The van der Waals surface area contributed by atoms with Gasteiger partial charge in [-0.1, -0.05) is 39.8 Å². The highest BCUT2D eigenvalue weighted by molar-refractivity contribution is 8.76. The molecule has 0 unspecified atom stereocenters. The zero-order valence-electron chi connectivity index (χ0n) is 11.0. The van der Waals surface area contributed by atoms with E-state index >= 15 is 0 Å². The third kappa shape index (κ3) is 4.18. The van der Waals surface area contributed by atoms with Crippen LogP contribution in [0.1, 0.15) is 19.3 Å². The summed E-state index contributed by atoms with van der Waals surface area (Å²) < 4.78 is 0. The van der Waals surface area contributed by atoms with Gasteiger partial charge in [-0.05, 0) is 25.0 Å². The van der Waals surface area contributed by atoms with Crippen molar-refractivity contribution < 1.29 is 14.7 Å². The molecule has 0 spiro atoms. The van der Waals surface area contributed by atoms with Crippen LogP contribution in [0.5, 0.6) is 0 Å². The normalized spacial score (nSPS) is 18.2. The number of amides is 1. The Morgan fingerprint density at radius 2 is 2.05 bits per heavy atom. The van der Waals surface area contributed by atoms with Crippen molar-refractivity contribution in [3.63, 3.8) is 0 Å². The summed E-state index contributed by atoms with van der Waals surface area (Å²) in [5.74, 6) is -0.237. The molecule has 1 amide bonds. The molecular formula is C14H17NO3S2. The Morgan fingerprint density at radius 1 is 1.30 bits per heavy atom. The minimum atomic E-state index is -0.887. The summed E-state index contributed by atoms with van der Waals surface area (Å²) in [4.78, 5) is 25.7. The molecule has 0 aromatic heterocycles. The van der Waals surface area contributed by atoms with Crippen molar-refractivity contribution in [2.24, 2.45) is 0 Å². The van der Waals surface area contributed by atoms with Gasteiger partial charge in [-0.2, -0.15) is 0 Å². The number of rotatable bonds is 6. The number of likely N-dealkylation sites (tertiary alicyclic amines) is 1. The van der Waals surface area contributed by atoms with E-state index in [-0.39, 0.29) is 5.91 Å². The van der Waals surface area contributed by atoms with Gasteiger partial charge >= 0.3 is 5.97 Å². The molecule has 108 valence electrons. The maximum atomic E-state index is 12.0. The van der Waals surface area contributed by atoms with Crippen molar-refractivity contribution in [2.75, 3.05) is 12.3 Å². The van der Waals surface area contributed by atoms with E-state index in [1.807, 2.05) is 30.3 Å². The third-order valence-electron chi connectivity index (χ3n) is 3.16. The number of carboxylic acids is 1. The Hall–Kier alpha value is -1.14.